The first-order valence-corrected chi connectivity index (χ1v) is 12.9. The van der Waals surface area contributed by atoms with Crippen molar-refractivity contribution in [1.82, 2.24) is 39.6 Å². The van der Waals surface area contributed by atoms with E-state index < -0.39 is 0 Å². The molecule has 0 aliphatic rings. The Bertz CT molecular complexity index is 1560. The molecule has 6 rings (SSSR count). The zero-order valence-electron chi connectivity index (χ0n) is 17.4. The predicted octanol–water partition coefficient (Wildman–Crippen LogP) is 5.23. The second-order valence-electron chi connectivity index (χ2n) is 6.95. The van der Waals surface area contributed by atoms with E-state index in [0.29, 0.717) is 21.6 Å². The first-order chi connectivity index (χ1) is 16.6. The van der Waals surface area contributed by atoms with Crippen LogP contribution in [0.5, 0.6) is 11.5 Å². The number of fused-ring (bicyclic) bond motifs is 2. The molecule has 4 aromatic heterocycles. The van der Waals surface area contributed by atoms with E-state index in [9.17, 15) is 0 Å². The minimum atomic E-state index is 0.632. The Morgan fingerprint density at radius 1 is 0.676 bits per heavy atom. The predicted molar refractivity (Wildman–Crippen MR) is 136 cm³/mol. The van der Waals surface area contributed by atoms with Crippen LogP contribution >= 0.6 is 54.5 Å². The van der Waals surface area contributed by atoms with Crippen LogP contribution in [0.4, 0.5) is 0 Å². The molecule has 0 bridgehead atoms. The number of methoxy groups -OCH3 is 2. The van der Waals surface area contributed by atoms with Crippen LogP contribution < -0.4 is 9.47 Å². The van der Waals surface area contributed by atoms with Crippen molar-refractivity contribution in [2.45, 2.75) is 0 Å². The van der Waals surface area contributed by atoms with Gasteiger partial charge in [0.05, 0.1) is 23.2 Å². The third-order valence-electron chi connectivity index (χ3n) is 4.98. The van der Waals surface area contributed by atoms with Crippen molar-refractivity contribution in [2.24, 2.45) is 0 Å². The van der Waals surface area contributed by atoms with Gasteiger partial charge in [0, 0.05) is 11.1 Å². The van der Waals surface area contributed by atoms with Gasteiger partial charge < -0.3 is 9.47 Å². The Morgan fingerprint density at radius 2 is 1.12 bits per heavy atom. The minimum absolute atomic E-state index is 0.632. The topological polar surface area (TPSA) is 105 Å². The van der Waals surface area contributed by atoms with E-state index in [1.807, 2.05) is 36.4 Å². The van der Waals surface area contributed by atoms with E-state index in [4.69, 9.17) is 19.7 Å². The molecule has 0 unspecified atom stereocenters. The first-order valence-electron chi connectivity index (χ1n) is 9.68. The Kier molecular flexibility index (Phi) is 5.32. The molecule has 10 nitrogen and oxygen atoms in total. The van der Waals surface area contributed by atoms with E-state index in [1.165, 1.54) is 22.7 Å². The summed E-state index contributed by atoms with van der Waals surface area (Å²) in [6, 6.07) is 11.4. The smallest absolute Gasteiger partial charge is 0.235 e. The monoisotopic (exact) mass is 618 g/mol. The summed E-state index contributed by atoms with van der Waals surface area (Å²) in [7, 11) is 3.25. The number of benzene rings is 2. The summed E-state index contributed by atoms with van der Waals surface area (Å²) < 4.78 is 15.7. The number of nitrogens with zero attached hydrogens (tertiary/aromatic N) is 8. The second-order valence-corrected chi connectivity index (χ2v) is 10.6. The molecule has 0 N–H and O–H groups in total. The molecule has 0 aliphatic carbocycles. The summed E-state index contributed by atoms with van der Waals surface area (Å²) in [5, 5.41) is 28.1. The Labute approximate surface area is 216 Å². The molecule has 0 saturated carbocycles. The molecule has 170 valence electrons. The lowest BCUT2D eigenvalue weighted by Gasteiger charge is -2.04. The van der Waals surface area contributed by atoms with E-state index in [2.05, 4.69) is 52.3 Å². The number of halogens is 2. The minimum Gasteiger partial charge on any atom is -0.496 e. The molecule has 0 amide bonds. The Balaban J connectivity index is 1.40. The van der Waals surface area contributed by atoms with Crippen LogP contribution in [0.2, 0.25) is 0 Å². The van der Waals surface area contributed by atoms with Crippen molar-refractivity contribution < 1.29 is 9.47 Å². The maximum atomic E-state index is 5.32. The molecular formula is C20H12Br2N8O2S2. The fourth-order valence-corrected chi connectivity index (χ4v) is 6.15. The van der Waals surface area contributed by atoms with Crippen molar-refractivity contribution in [3.05, 3.63) is 45.3 Å². The van der Waals surface area contributed by atoms with Crippen LogP contribution in [0.3, 0.4) is 0 Å². The van der Waals surface area contributed by atoms with Gasteiger partial charge in [0.25, 0.3) is 0 Å². The van der Waals surface area contributed by atoms with Gasteiger partial charge in [-0.2, -0.15) is 9.03 Å². The molecule has 0 atom stereocenters. The summed E-state index contributed by atoms with van der Waals surface area (Å²) in [5.41, 5.74) is 1.73. The van der Waals surface area contributed by atoms with E-state index >= 15 is 0 Å². The molecular weight excluding hydrogens is 608 g/mol. The Hall–Kier alpha value is -2.94. The first kappa shape index (κ1) is 21.6. The standard InChI is InChI=1S/C20H12Br2N8O2S2/c1-31-13-5-3-9(7-11(13)21)15-23-25-19-29(15)27-17(33-19)18-28-30-16(24-26-20(30)34-18)10-4-6-14(32-2)12(22)8-10/h3-8H,1-2H3. The maximum absolute atomic E-state index is 5.32. The van der Waals surface area contributed by atoms with Gasteiger partial charge in [-0.25, -0.2) is 0 Å². The van der Waals surface area contributed by atoms with Crippen LogP contribution in [-0.4, -0.2) is 53.8 Å². The van der Waals surface area contributed by atoms with Crippen LogP contribution in [-0.2, 0) is 0 Å². The van der Waals surface area contributed by atoms with Crippen molar-refractivity contribution in [2.75, 3.05) is 14.2 Å². The van der Waals surface area contributed by atoms with Gasteiger partial charge in [-0.15, -0.1) is 30.6 Å². The van der Waals surface area contributed by atoms with Crippen LogP contribution in [0.25, 0.3) is 42.7 Å². The van der Waals surface area contributed by atoms with Gasteiger partial charge in [-0.3, -0.25) is 0 Å². The summed E-state index contributed by atoms with van der Waals surface area (Å²) in [6.07, 6.45) is 0. The summed E-state index contributed by atoms with van der Waals surface area (Å²) >= 11 is 9.86. The van der Waals surface area contributed by atoms with Gasteiger partial charge in [-0.05, 0) is 68.3 Å². The van der Waals surface area contributed by atoms with Gasteiger partial charge >= 0.3 is 0 Å². The Morgan fingerprint density at radius 3 is 1.50 bits per heavy atom. The number of ether oxygens (including phenoxy) is 2. The molecule has 0 spiro atoms. The highest BCUT2D eigenvalue weighted by molar-refractivity contribution is 9.11. The van der Waals surface area contributed by atoms with E-state index in [1.54, 1.807) is 23.3 Å². The van der Waals surface area contributed by atoms with E-state index in [-0.39, 0.29) is 0 Å². The van der Waals surface area contributed by atoms with Crippen LogP contribution in [0, 0.1) is 0 Å². The van der Waals surface area contributed by atoms with Crippen LogP contribution in [0.1, 0.15) is 0 Å². The molecule has 4 heterocycles. The molecule has 2 aromatic carbocycles. The highest BCUT2D eigenvalue weighted by atomic mass is 79.9. The fraction of sp³-hybridized carbons (Fsp3) is 0.100. The zero-order chi connectivity index (χ0) is 23.4. The van der Waals surface area contributed by atoms with Gasteiger partial charge in [0.2, 0.25) is 9.92 Å². The summed E-state index contributed by atoms with van der Waals surface area (Å²) in [6.45, 7) is 0. The van der Waals surface area contributed by atoms with Crippen molar-refractivity contribution in [3.63, 3.8) is 0 Å². The average molecular weight is 620 g/mol. The molecule has 0 fully saturated rings. The lowest BCUT2D eigenvalue weighted by molar-refractivity contribution is 0.412. The highest BCUT2D eigenvalue weighted by Crippen LogP contribution is 2.35. The van der Waals surface area contributed by atoms with Crippen molar-refractivity contribution in [3.8, 4) is 44.3 Å². The summed E-state index contributed by atoms with van der Waals surface area (Å²) in [4.78, 5) is 1.34. The maximum Gasteiger partial charge on any atom is 0.235 e. The molecule has 34 heavy (non-hydrogen) atoms. The highest BCUT2D eigenvalue weighted by Gasteiger charge is 2.20. The molecule has 0 aliphatic heterocycles. The largest absolute Gasteiger partial charge is 0.496 e. The zero-order valence-corrected chi connectivity index (χ0v) is 22.2. The lowest BCUT2D eigenvalue weighted by Crippen LogP contribution is -1.93. The lowest BCUT2D eigenvalue weighted by atomic mass is 10.2. The molecule has 0 radical (unpaired) electrons. The third kappa shape index (κ3) is 3.48. The second kappa shape index (κ2) is 8.37. The number of rotatable bonds is 5. The van der Waals surface area contributed by atoms with E-state index in [0.717, 1.165) is 41.6 Å². The van der Waals surface area contributed by atoms with Gasteiger partial charge in [0.1, 0.15) is 11.5 Å². The third-order valence-corrected chi connectivity index (χ3v) is 8.16. The average Bonchev–Trinajstić information content (AvgIpc) is 3.58. The van der Waals surface area contributed by atoms with Crippen LogP contribution in [0.15, 0.2) is 45.3 Å². The van der Waals surface area contributed by atoms with Crippen molar-refractivity contribution >= 4 is 64.5 Å². The summed E-state index contributed by atoms with van der Waals surface area (Å²) in [5.74, 6) is 2.74. The van der Waals surface area contributed by atoms with Gasteiger partial charge in [0.15, 0.2) is 21.7 Å². The quantitative estimate of drug-likeness (QED) is 0.258. The molecule has 0 saturated heterocycles. The number of aromatic nitrogens is 8. The molecule has 14 heteroatoms. The number of hydrogen-bond acceptors (Lipinski definition) is 10. The molecule has 6 aromatic rings. The fourth-order valence-electron chi connectivity index (χ4n) is 3.38. The number of hydrogen-bond donors (Lipinski definition) is 0. The van der Waals surface area contributed by atoms with Gasteiger partial charge in [-0.1, -0.05) is 22.7 Å². The van der Waals surface area contributed by atoms with Crippen molar-refractivity contribution in [1.29, 1.82) is 0 Å². The SMILES string of the molecule is COc1ccc(-c2nnc3sc(-c4nn5c(-c6ccc(OC)c(Br)c6)nnc5s4)nn23)cc1Br. The normalized spacial score (nSPS) is 11.5.